The van der Waals surface area contributed by atoms with E-state index in [9.17, 15) is 10.2 Å². The van der Waals surface area contributed by atoms with Crippen molar-refractivity contribution in [1.82, 2.24) is 19.6 Å². The first kappa shape index (κ1) is 17.3. The molecule has 2 N–H and O–H groups in total. The summed E-state index contributed by atoms with van der Waals surface area (Å²) < 4.78 is 3.44. The number of phenolic OH excluding ortho intramolecular Hbond substituents is 2. The number of aromatic hydroxyl groups is 2. The number of hydrogen-bond acceptors (Lipinski definition) is 4. The molecule has 0 bridgehead atoms. The van der Waals surface area contributed by atoms with Crippen molar-refractivity contribution in [2.75, 3.05) is 0 Å². The molecule has 0 aliphatic rings. The Labute approximate surface area is 151 Å². The third-order valence-corrected chi connectivity index (χ3v) is 3.89. The van der Waals surface area contributed by atoms with E-state index in [1.165, 1.54) is 0 Å². The summed E-state index contributed by atoms with van der Waals surface area (Å²) >= 11 is 0. The first-order valence-corrected chi connectivity index (χ1v) is 8.10. The maximum Gasteiger partial charge on any atom is 0.125 e. The van der Waals surface area contributed by atoms with Crippen LogP contribution in [0.4, 0.5) is 0 Å². The van der Waals surface area contributed by atoms with Crippen molar-refractivity contribution < 1.29 is 10.2 Å². The second-order valence-electron chi connectivity index (χ2n) is 5.75. The molecule has 4 aromatic rings. The SMILES string of the molecule is Cn1ccc(-c2ccccc2O)n1.Cn1nccc1-c1ccccc1O. The highest BCUT2D eigenvalue weighted by Gasteiger charge is 2.06. The Morgan fingerprint density at radius 3 is 1.88 bits per heavy atom. The lowest BCUT2D eigenvalue weighted by Gasteiger charge is -2.03. The Bertz CT molecular complexity index is 1000. The van der Waals surface area contributed by atoms with E-state index in [0.717, 1.165) is 22.5 Å². The summed E-state index contributed by atoms with van der Waals surface area (Å²) in [6.07, 6.45) is 3.56. The van der Waals surface area contributed by atoms with E-state index in [0.29, 0.717) is 0 Å². The van der Waals surface area contributed by atoms with Crippen molar-refractivity contribution in [3.8, 4) is 34.0 Å². The van der Waals surface area contributed by atoms with Crippen LogP contribution in [0.15, 0.2) is 73.1 Å². The Hall–Kier alpha value is -3.54. The predicted octanol–water partition coefficient (Wildman–Crippen LogP) is 3.59. The summed E-state index contributed by atoms with van der Waals surface area (Å²) in [5.74, 6) is 0.548. The molecule has 0 aliphatic heterocycles. The summed E-state index contributed by atoms with van der Waals surface area (Å²) in [4.78, 5) is 0. The Kier molecular flexibility index (Phi) is 5.03. The molecule has 6 nitrogen and oxygen atoms in total. The number of hydrogen-bond donors (Lipinski definition) is 2. The molecule has 0 radical (unpaired) electrons. The van der Waals surface area contributed by atoms with Gasteiger partial charge in [0.1, 0.15) is 11.5 Å². The molecule has 0 saturated carbocycles. The fourth-order valence-electron chi connectivity index (χ4n) is 2.58. The maximum absolute atomic E-state index is 9.57. The van der Waals surface area contributed by atoms with Crippen LogP contribution in [0.25, 0.3) is 22.5 Å². The van der Waals surface area contributed by atoms with Crippen LogP contribution in [0.2, 0.25) is 0 Å². The second kappa shape index (κ2) is 7.57. The lowest BCUT2D eigenvalue weighted by atomic mass is 10.1. The van der Waals surface area contributed by atoms with Crippen molar-refractivity contribution in [3.05, 3.63) is 73.1 Å². The zero-order valence-corrected chi connectivity index (χ0v) is 14.6. The fraction of sp³-hybridized carbons (Fsp3) is 0.100. The average Bonchev–Trinajstić information content (AvgIpc) is 3.25. The Morgan fingerprint density at radius 1 is 0.769 bits per heavy atom. The highest BCUT2D eigenvalue weighted by molar-refractivity contribution is 5.67. The molecule has 132 valence electrons. The van der Waals surface area contributed by atoms with Crippen molar-refractivity contribution in [2.24, 2.45) is 14.1 Å². The van der Waals surface area contributed by atoms with Crippen LogP contribution in [-0.2, 0) is 14.1 Å². The van der Waals surface area contributed by atoms with Crippen molar-refractivity contribution in [3.63, 3.8) is 0 Å². The van der Waals surface area contributed by atoms with Crippen LogP contribution in [-0.4, -0.2) is 29.8 Å². The topological polar surface area (TPSA) is 76.1 Å². The van der Waals surface area contributed by atoms with Gasteiger partial charge in [-0.15, -0.1) is 0 Å². The molecule has 0 unspecified atom stereocenters. The van der Waals surface area contributed by atoms with Gasteiger partial charge in [-0.1, -0.05) is 24.3 Å². The first-order valence-electron chi connectivity index (χ1n) is 8.10. The van der Waals surface area contributed by atoms with Gasteiger partial charge in [0.05, 0.1) is 11.4 Å². The molecule has 0 atom stereocenters. The minimum atomic E-state index is 0.265. The summed E-state index contributed by atoms with van der Waals surface area (Å²) in [5, 5.41) is 27.3. The largest absolute Gasteiger partial charge is 0.507 e. The molecule has 0 fully saturated rings. The summed E-state index contributed by atoms with van der Waals surface area (Å²) in [7, 11) is 3.70. The van der Waals surface area contributed by atoms with Gasteiger partial charge in [0.2, 0.25) is 0 Å². The number of aryl methyl sites for hydroxylation is 2. The number of rotatable bonds is 2. The molecule has 0 spiro atoms. The lowest BCUT2D eigenvalue weighted by molar-refractivity contribution is 0.476. The van der Waals surface area contributed by atoms with Crippen molar-refractivity contribution in [1.29, 1.82) is 0 Å². The third kappa shape index (κ3) is 3.75. The van der Waals surface area contributed by atoms with E-state index in [2.05, 4.69) is 10.2 Å². The zero-order valence-electron chi connectivity index (χ0n) is 14.6. The van der Waals surface area contributed by atoms with E-state index in [-0.39, 0.29) is 11.5 Å². The molecular formula is C20H20N4O2. The van der Waals surface area contributed by atoms with Gasteiger partial charge < -0.3 is 10.2 Å². The minimum absolute atomic E-state index is 0.265. The van der Waals surface area contributed by atoms with Crippen LogP contribution >= 0.6 is 0 Å². The standard InChI is InChI=1S/2C10H10N2O/c1-12-7-6-9(11-12)8-4-2-3-5-10(8)13;1-12-9(6-7-11-12)8-4-2-3-5-10(8)13/h2*2-7,13H,1H3. The number of para-hydroxylation sites is 2. The Balaban J connectivity index is 0.000000151. The average molecular weight is 348 g/mol. The van der Waals surface area contributed by atoms with Gasteiger partial charge in [0, 0.05) is 37.6 Å². The third-order valence-electron chi connectivity index (χ3n) is 3.89. The van der Waals surface area contributed by atoms with Crippen LogP contribution < -0.4 is 0 Å². The van der Waals surface area contributed by atoms with Gasteiger partial charge in [-0.3, -0.25) is 9.36 Å². The molecule has 2 aromatic heterocycles. The predicted molar refractivity (Wildman–Crippen MR) is 101 cm³/mol. The number of nitrogens with zero attached hydrogens (tertiary/aromatic N) is 4. The first-order chi connectivity index (χ1) is 12.6. The zero-order chi connectivity index (χ0) is 18.5. The van der Waals surface area contributed by atoms with Crippen molar-refractivity contribution in [2.45, 2.75) is 0 Å². The summed E-state index contributed by atoms with van der Waals surface area (Å²) in [6.45, 7) is 0. The molecule has 0 amide bonds. The van der Waals surface area contributed by atoms with Crippen LogP contribution in [0, 0.1) is 0 Å². The van der Waals surface area contributed by atoms with Gasteiger partial charge >= 0.3 is 0 Å². The summed E-state index contributed by atoms with van der Waals surface area (Å²) in [6, 6.07) is 18.1. The molecule has 2 heterocycles. The second-order valence-corrected chi connectivity index (χ2v) is 5.75. The van der Waals surface area contributed by atoms with Gasteiger partial charge in [-0.05, 0) is 36.4 Å². The van der Waals surface area contributed by atoms with Crippen LogP contribution in [0.3, 0.4) is 0 Å². The normalized spacial score (nSPS) is 10.2. The lowest BCUT2D eigenvalue weighted by Crippen LogP contribution is -1.92. The van der Waals surface area contributed by atoms with Gasteiger partial charge in [-0.2, -0.15) is 10.2 Å². The van der Waals surface area contributed by atoms with Crippen LogP contribution in [0.5, 0.6) is 11.5 Å². The molecule has 4 rings (SSSR count). The number of aromatic nitrogens is 4. The monoisotopic (exact) mass is 348 g/mol. The van der Waals surface area contributed by atoms with E-state index in [4.69, 9.17) is 0 Å². The molecular weight excluding hydrogens is 328 g/mol. The van der Waals surface area contributed by atoms with Gasteiger partial charge in [0.25, 0.3) is 0 Å². The van der Waals surface area contributed by atoms with Crippen LogP contribution in [0.1, 0.15) is 0 Å². The molecule has 26 heavy (non-hydrogen) atoms. The fourth-order valence-corrected chi connectivity index (χ4v) is 2.58. The van der Waals surface area contributed by atoms with E-state index >= 15 is 0 Å². The van der Waals surface area contributed by atoms with Crippen molar-refractivity contribution >= 4 is 0 Å². The highest BCUT2D eigenvalue weighted by atomic mass is 16.3. The van der Waals surface area contributed by atoms with Gasteiger partial charge in [-0.25, -0.2) is 0 Å². The Morgan fingerprint density at radius 2 is 1.38 bits per heavy atom. The van der Waals surface area contributed by atoms with E-state index in [1.807, 2.05) is 56.7 Å². The molecule has 0 saturated heterocycles. The van der Waals surface area contributed by atoms with E-state index < -0.39 is 0 Å². The smallest absolute Gasteiger partial charge is 0.125 e. The quantitative estimate of drug-likeness (QED) is 0.580. The molecule has 2 aromatic carbocycles. The summed E-state index contributed by atoms with van der Waals surface area (Å²) in [5.41, 5.74) is 3.28. The minimum Gasteiger partial charge on any atom is -0.507 e. The highest BCUT2D eigenvalue weighted by Crippen LogP contribution is 2.27. The molecule has 0 aliphatic carbocycles. The van der Waals surface area contributed by atoms with E-state index in [1.54, 1.807) is 39.8 Å². The van der Waals surface area contributed by atoms with Gasteiger partial charge in [0.15, 0.2) is 0 Å². The maximum atomic E-state index is 9.57. The number of benzene rings is 2. The molecule has 6 heteroatoms. The number of phenols is 2.